The van der Waals surface area contributed by atoms with Crippen molar-refractivity contribution >= 4 is 41.5 Å². The van der Waals surface area contributed by atoms with Crippen LogP contribution in [0.4, 0.5) is 42.5 Å². The fourth-order valence-corrected chi connectivity index (χ4v) is 4.09. The molecule has 0 bridgehead atoms. The highest BCUT2D eigenvalue weighted by molar-refractivity contribution is 6.09. The lowest BCUT2D eigenvalue weighted by molar-refractivity contribution is -0.278. The van der Waals surface area contributed by atoms with Gasteiger partial charge in [0.1, 0.15) is 41.9 Å². The van der Waals surface area contributed by atoms with Crippen LogP contribution in [0.25, 0.3) is 0 Å². The number of halogens is 6. The van der Waals surface area contributed by atoms with E-state index < -0.39 is 72.9 Å². The Morgan fingerprint density at radius 2 is 1.73 bits per heavy atom. The lowest BCUT2D eigenvalue weighted by atomic mass is 10.0. The number of anilines is 2. The summed E-state index contributed by atoms with van der Waals surface area (Å²) in [5.41, 5.74) is 0.423. The van der Waals surface area contributed by atoms with Crippen LogP contribution in [0.15, 0.2) is 47.5 Å². The van der Waals surface area contributed by atoms with Crippen LogP contribution in [-0.2, 0) is 28.8 Å². The zero-order valence-electron chi connectivity index (χ0n) is 25.8. The topological polar surface area (TPSA) is 145 Å². The van der Waals surface area contributed by atoms with Crippen LogP contribution in [0.5, 0.6) is 11.5 Å². The van der Waals surface area contributed by atoms with Gasteiger partial charge < -0.3 is 24.4 Å². The fourth-order valence-electron chi connectivity index (χ4n) is 4.09. The summed E-state index contributed by atoms with van der Waals surface area (Å²) < 4.78 is 93.7. The second-order valence-electron chi connectivity index (χ2n) is 10.0. The van der Waals surface area contributed by atoms with E-state index in [0.29, 0.717) is 5.69 Å². The number of rotatable bonds is 12. The minimum atomic E-state index is -5.93. The number of hydrogen-bond donors (Lipinski definition) is 1. The lowest BCUT2D eigenvalue weighted by Gasteiger charge is -2.24. The predicted molar refractivity (Wildman–Crippen MR) is 154 cm³/mol. The quantitative estimate of drug-likeness (QED) is 0.0856. The van der Waals surface area contributed by atoms with Gasteiger partial charge in [0.15, 0.2) is 0 Å². The van der Waals surface area contributed by atoms with Gasteiger partial charge in [-0.3, -0.25) is 24.1 Å². The number of alkyl halides is 5. The van der Waals surface area contributed by atoms with Crippen LogP contribution in [0.1, 0.15) is 13.8 Å². The summed E-state index contributed by atoms with van der Waals surface area (Å²) in [6.07, 6.45) is -7.30. The Kier molecular flexibility index (Phi) is 12.4. The zero-order chi connectivity index (χ0) is 35.8. The van der Waals surface area contributed by atoms with Gasteiger partial charge in [-0.1, -0.05) is 0 Å². The SMILES string of the molecule is CON(OC)c1ccc(OC(=O)OCCN2C(=O)C(C=NC(=O)C(C)C(=O)NCC(F)(F)C(F)(F)F)C(C)Oc3ccc(F)cc32)cc1. The van der Waals surface area contributed by atoms with Gasteiger partial charge in [0.2, 0.25) is 11.8 Å². The number of aliphatic imine (C=N–C) groups is 1. The third kappa shape index (κ3) is 9.34. The first-order valence-electron chi connectivity index (χ1n) is 13.9. The van der Waals surface area contributed by atoms with Crippen LogP contribution in [0, 0.1) is 17.7 Å². The summed E-state index contributed by atoms with van der Waals surface area (Å²) in [4.78, 5) is 65.0. The van der Waals surface area contributed by atoms with Crippen molar-refractivity contribution in [1.29, 1.82) is 0 Å². The number of fused-ring (bicyclic) bond motifs is 1. The first kappa shape index (κ1) is 37.5. The molecule has 0 aliphatic carbocycles. The molecule has 3 amide bonds. The molecule has 0 saturated heterocycles. The molecule has 2 aromatic carbocycles. The van der Waals surface area contributed by atoms with Gasteiger partial charge in [0.05, 0.1) is 38.7 Å². The Labute approximate surface area is 269 Å². The first-order chi connectivity index (χ1) is 22.5. The molecule has 2 aromatic rings. The van der Waals surface area contributed by atoms with Crippen molar-refractivity contribution in [3.63, 3.8) is 0 Å². The molecule has 0 aromatic heterocycles. The molecule has 3 atom stereocenters. The fraction of sp³-hybridized carbons (Fsp3) is 0.414. The molecular weight excluding hydrogens is 662 g/mol. The van der Waals surface area contributed by atoms with Gasteiger partial charge >= 0.3 is 18.3 Å². The normalized spacial score (nSPS) is 17.2. The van der Waals surface area contributed by atoms with Crippen molar-refractivity contribution < 1.29 is 69.4 Å². The Bertz CT molecular complexity index is 1500. The van der Waals surface area contributed by atoms with E-state index in [-0.39, 0.29) is 23.7 Å². The highest BCUT2D eigenvalue weighted by atomic mass is 19.4. The van der Waals surface area contributed by atoms with Gasteiger partial charge in [-0.2, -0.15) is 22.0 Å². The molecule has 1 N–H and O–H groups in total. The molecule has 0 fully saturated rings. The molecule has 0 spiro atoms. The number of hydrogen-bond acceptors (Lipinski definition) is 10. The summed E-state index contributed by atoms with van der Waals surface area (Å²) in [6.45, 7) is -0.588. The third-order valence-electron chi connectivity index (χ3n) is 6.72. The highest BCUT2D eigenvalue weighted by Gasteiger charge is 2.57. The summed E-state index contributed by atoms with van der Waals surface area (Å²) in [5, 5.41) is 2.44. The maximum Gasteiger partial charge on any atom is 0.513 e. The molecule has 3 rings (SSSR count). The smallest absolute Gasteiger partial charge is 0.487 e. The van der Waals surface area contributed by atoms with E-state index >= 15 is 0 Å². The summed E-state index contributed by atoms with van der Waals surface area (Å²) in [7, 11) is 2.75. The van der Waals surface area contributed by atoms with Crippen molar-refractivity contribution in [1.82, 2.24) is 5.32 Å². The number of carbonyl (C=O) groups is 4. The Morgan fingerprint density at radius 3 is 2.33 bits per heavy atom. The molecule has 0 radical (unpaired) electrons. The number of nitrogens with zero attached hydrogens (tertiary/aromatic N) is 3. The highest BCUT2D eigenvalue weighted by Crippen LogP contribution is 2.36. The largest absolute Gasteiger partial charge is 0.513 e. The van der Waals surface area contributed by atoms with Crippen LogP contribution in [0.2, 0.25) is 0 Å². The molecule has 3 unspecified atom stereocenters. The number of nitrogens with one attached hydrogen (secondary N) is 1. The van der Waals surface area contributed by atoms with Crippen molar-refractivity contribution in [3.05, 3.63) is 48.3 Å². The molecule has 1 aliphatic rings. The molecule has 1 heterocycles. The molecule has 1 aliphatic heterocycles. The van der Waals surface area contributed by atoms with Gasteiger partial charge in [-0.25, -0.2) is 14.2 Å². The monoisotopic (exact) mass is 692 g/mol. The molecular formula is C29H30F6N4O9. The van der Waals surface area contributed by atoms with E-state index in [0.717, 1.165) is 35.4 Å². The molecule has 19 heteroatoms. The number of ether oxygens (including phenoxy) is 3. The average Bonchev–Trinajstić information content (AvgIpc) is 3.12. The van der Waals surface area contributed by atoms with Crippen LogP contribution in [-0.4, -0.2) is 82.2 Å². The van der Waals surface area contributed by atoms with E-state index in [1.165, 1.54) is 56.8 Å². The molecule has 13 nitrogen and oxygen atoms in total. The first-order valence-corrected chi connectivity index (χ1v) is 13.9. The van der Waals surface area contributed by atoms with Crippen LogP contribution >= 0.6 is 0 Å². The standard InChI is InChI=1S/C29H30F6N4O9/c1-16(25(41)37-15-28(31,32)29(33,34)35)24(40)36-14-21-17(2)47-23-10-5-18(30)13-22(23)38(26(21)42)11-12-46-27(43)48-20-8-6-19(7-9-20)39(44-3)45-4/h5-10,13-14,16-17,21H,11-12,15H2,1-4H3,(H,37,41). The second-order valence-corrected chi connectivity index (χ2v) is 10.0. The minimum absolute atomic E-state index is 0.0432. The summed E-state index contributed by atoms with van der Waals surface area (Å²) >= 11 is 0. The molecule has 48 heavy (non-hydrogen) atoms. The van der Waals surface area contributed by atoms with Crippen LogP contribution in [0.3, 0.4) is 0 Å². The number of carbonyl (C=O) groups excluding carboxylic acids is 4. The van der Waals surface area contributed by atoms with Crippen LogP contribution < -0.4 is 24.9 Å². The Hall–Kier alpha value is -4.91. The number of amides is 3. The Balaban J connectivity index is 1.69. The van der Waals surface area contributed by atoms with Crippen molar-refractivity contribution in [3.8, 4) is 11.5 Å². The molecule has 0 saturated carbocycles. The van der Waals surface area contributed by atoms with Crippen molar-refractivity contribution in [2.24, 2.45) is 16.8 Å². The zero-order valence-corrected chi connectivity index (χ0v) is 25.8. The maximum atomic E-state index is 14.2. The predicted octanol–water partition coefficient (Wildman–Crippen LogP) is 4.25. The van der Waals surface area contributed by atoms with Crippen molar-refractivity contribution in [2.75, 3.05) is 44.0 Å². The Morgan fingerprint density at radius 1 is 1.08 bits per heavy atom. The maximum absolute atomic E-state index is 14.2. The summed E-state index contributed by atoms with van der Waals surface area (Å²) in [5.74, 6) is -12.6. The van der Waals surface area contributed by atoms with E-state index in [9.17, 15) is 45.5 Å². The van der Waals surface area contributed by atoms with Crippen molar-refractivity contribution in [2.45, 2.75) is 32.1 Å². The average molecular weight is 693 g/mol. The minimum Gasteiger partial charge on any atom is -0.487 e. The summed E-state index contributed by atoms with van der Waals surface area (Å²) in [6, 6.07) is 9.16. The molecule has 262 valence electrons. The van der Waals surface area contributed by atoms with Gasteiger partial charge in [-0.05, 0) is 50.2 Å². The van der Waals surface area contributed by atoms with Gasteiger partial charge in [0.25, 0.3) is 5.91 Å². The van der Waals surface area contributed by atoms with Gasteiger partial charge in [-0.15, -0.1) is 5.23 Å². The third-order valence-corrected chi connectivity index (χ3v) is 6.72. The van der Waals surface area contributed by atoms with E-state index in [2.05, 4.69) is 4.99 Å². The number of benzene rings is 2. The second kappa shape index (κ2) is 15.8. The van der Waals surface area contributed by atoms with Gasteiger partial charge in [0, 0.05) is 12.3 Å². The lowest BCUT2D eigenvalue weighted by Crippen LogP contribution is -2.48. The van der Waals surface area contributed by atoms with E-state index in [1.54, 1.807) is 0 Å². The van der Waals surface area contributed by atoms with E-state index in [1.807, 2.05) is 0 Å². The van der Waals surface area contributed by atoms with E-state index in [4.69, 9.17) is 23.9 Å².